The van der Waals surface area contributed by atoms with Gasteiger partial charge in [0.25, 0.3) is 0 Å². The number of phosphoric ester groups is 1. The summed E-state index contributed by atoms with van der Waals surface area (Å²) in [6.45, 7) is 5.70. The molecule has 0 aromatic rings. The molecule has 0 saturated heterocycles. The van der Waals surface area contributed by atoms with Crippen molar-refractivity contribution in [3.63, 3.8) is 0 Å². The maximum atomic E-state index is 12.4. The van der Waals surface area contributed by atoms with Crippen molar-refractivity contribution in [2.45, 2.75) is 39.1 Å². The van der Waals surface area contributed by atoms with E-state index in [2.05, 4.69) is 0 Å². The molecular weight excluding hydrogens is 287 g/mol. The number of phosphoric acid groups is 1. The van der Waals surface area contributed by atoms with Crippen LogP contribution in [0.4, 0.5) is 0 Å². The van der Waals surface area contributed by atoms with E-state index in [0.29, 0.717) is 0 Å². The first-order valence-corrected chi connectivity index (χ1v) is 7.95. The molecule has 0 saturated carbocycles. The molecule has 7 nitrogen and oxygen atoms in total. The van der Waals surface area contributed by atoms with Gasteiger partial charge in [-0.2, -0.15) is 0 Å². The highest BCUT2D eigenvalue weighted by Crippen LogP contribution is 2.49. The van der Waals surface area contributed by atoms with Crippen LogP contribution in [0.5, 0.6) is 0 Å². The van der Waals surface area contributed by atoms with E-state index in [9.17, 15) is 4.57 Å². The van der Waals surface area contributed by atoms with Gasteiger partial charge < -0.3 is 14.2 Å². The van der Waals surface area contributed by atoms with Crippen LogP contribution >= 0.6 is 7.82 Å². The lowest BCUT2D eigenvalue weighted by atomic mass is 10.4. The van der Waals surface area contributed by atoms with Gasteiger partial charge in [-0.3, -0.25) is 13.6 Å². The molecule has 0 radical (unpaired) electrons. The monoisotopic (exact) mass is 314 g/mol. The number of ether oxygens (including phenoxy) is 3. The molecule has 0 N–H and O–H groups in total. The van der Waals surface area contributed by atoms with Crippen LogP contribution in [0, 0.1) is 0 Å². The first kappa shape index (κ1) is 20.0. The second-order valence-electron chi connectivity index (χ2n) is 4.47. The maximum Gasteiger partial charge on any atom is 0.475 e. The van der Waals surface area contributed by atoms with Crippen molar-refractivity contribution in [3.05, 3.63) is 0 Å². The zero-order valence-corrected chi connectivity index (χ0v) is 14.1. The number of rotatable bonds is 12. The predicted octanol–water partition coefficient (Wildman–Crippen LogP) is 2.25. The van der Waals surface area contributed by atoms with Gasteiger partial charge in [0.1, 0.15) is 0 Å². The molecule has 20 heavy (non-hydrogen) atoms. The Morgan fingerprint density at radius 1 is 0.700 bits per heavy atom. The third-order valence-electron chi connectivity index (χ3n) is 2.61. The van der Waals surface area contributed by atoms with Crippen LogP contribution in [0.15, 0.2) is 0 Å². The summed E-state index contributed by atoms with van der Waals surface area (Å²) in [5, 5.41) is 0. The molecule has 8 heteroatoms. The summed E-state index contributed by atoms with van der Waals surface area (Å²) in [5.41, 5.74) is 0. The van der Waals surface area contributed by atoms with Gasteiger partial charge >= 0.3 is 7.82 Å². The van der Waals surface area contributed by atoms with E-state index >= 15 is 0 Å². The first-order chi connectivity index (χ1) is 9.36. The zero-order valence-electron chi connectivity index (χ0n) is 13.2. The van der Waals surface area contributed by atoms with Gasteiger partial charge in [-0.25, -0.2) is 4.57 Å². The molecule has 3 unspecified atom stereocenters. The minimum absolute atomic E-state index is 0.108. The van der Waals surface area contributed by atoms with Crippen molar-refractivity contribution >= 4 is 7.82 Å². The van der Waals surface area contributed by atoms with Crippen LogP contribution in [0.25, 0.3) is 0 Å². The Morgan fingerprint density at radius 2 is 0.950 bits per heavy atom. The molecule has 0 rings (SSSR count). The normalized spacial score (nSPS) is 19.3. The van der Waals surface area contributed by atoms with Gasteiger partial charge in [0.05, 0.1) is 38.1 Å². The maximum absolute atomic E-state index is 12.4. The number of hydrogen-bond acceptors (Lipinski definition) is 7. The van der Waals surface area contributed by atoms with Crippen molar-refractivity contribution in [2.75, 3.05) is 41.2 Å². The molecule has 0 aliphatic heterocycles. The fraction of sp³-hybridized carbons (Fsp3) is 1.00. The van der Waals surface area contributed by atoms with Crippen molar-refractivity contribution < 1.29 is 32.3 Å². The van der Waals surface area contributed by atoms with E-state index in [1.54, 1.807) is 42.1 Å². The predicted molar refractivity (Wildman–Crippen MR) is 74.9 cm³/mol. The van der Waals surface area contributed by atoms with Crippen LogP contribution in [0.1, 0.15) is 20.8 Å². The number of methoxy groups -OCH3 is 3. The third-order valence-corrected chi connectivity index (χ3v) is 4.01. The first-order valence-electron chi connectivity index (χ1n) is 6.48. The van der Waals surface area contributed by atoms with Crippen molar-refractivity contribution in [1.82, 2.24) is 0 Å². The van der Waals surface area contributed by atoms with Gasteiger partial charge in [-0.05, 0) is 20.8 Å². The molecule has 0 bridgehead atoms. The average molecular weight is 314 g/mol. The van der Waals surface area contributed by atoms with Crippen LogP contribution in [-0.2, 0) is 32.3 Å². The summed E-state index contributed by atoms with van der Waals surface area (Å²) in [6.07, 6.45) is -0.638. The Bertz CT molecular complexity index is 244. The lowest BCUT2D eigenvalue weighted by Crippen LogP contribution is -2.20. The molecule has 122 valence electrons. The van der Waals surface area contributed by atoms with E-state index in [0.717, 1.165) is 0 Å². The molecule has 3 atom stereocenters. The standard InChI is InChI=1S/C12H27O7P/c1-10(14-4)7-17-20(13,18-8-11(2)15-5)19-9-12(3)16-6/h10-12H,7-9H2,1-6H3. The van der Waals surface area contributed by atoms with Gasteiger partial charge in [-0.15, -0.1) is 0 Å². The summed E-state index contributed by atoms with van der Waals surface area (Å²) < 4.78 is 43.3. The summed E-state index contributed by atoms with van der Waals surface area (Å²) >= 11 is 0. The van der Waals surface area contributed by atoms with E-state index in [1.807, 2.05) is 0 Å². The fourth-order valence-electron chi connectivity index (χ4n) is 0.905. The Hall–Kier alpha value is -0.0100. The molecule has 0 aromatic carbocycles. The molecule has 0 aliphatic carbocycles. The zero-order chi connectivity index (χ0) is 15.6. The van der Waals surface area contributed by atoms with Gasteiger partial charge in [0.15, 0.2) is 0 Å². The highest BCUT2D eigenvalue weighted by Gasteiger charge is 2.29. The van der Waals surface area contributed by atoms with Crippen LogP contribution < -0.4 is 0 Å². The quantitative estimate of drug-likeness (QED) is 0.511. The molecular formula is C12H27O7P. The largest absolute Gasteiger partial charge is 0.475 e. The second-order valence-corrected chi connectivity index (χ2v) is 6.14. The molecule has 0 fully saturated rings. The SMILES string of the molecule is COC(C)COP(=O)(OCC(C)OC)OCC(C)OC. The molecule has 0 aromatic heterocycles. The Labute approximate surface area is 121 Å². The second kappa shape index (κ2) is 10.7. The van der Waals surface area contributed by atoms with Crippen LogP contribution in [0.2, 0.25) is 0 Å². The molecule has 0 spiro atoms. The van der Waals surface area contributed by atoms with Crippen molar-refractivity contribution in [3.8, 4) is 0 Å². The summed E-state index contributed by atoms with van der Waals surface area (Å²) in [4.78, 5) is 0. The Balaban J connectivity index is 4.45. The van der Waals surface area contributed by atoms with Crippen LogP contribution in [0.3, 0.4) is 0 Å². The highest BCUT2D eigenvalue weighted by atomic mass is 31.2. The van der Waals surface area contributed by atoms with E-state index in [4.69, 9.17) is 27.8 Å². The minimum atomic E-state index is -3.66. The van der Waals surface area contributed by atoms with E-state index in [-0.39, 0.29) is 38.1 Å². The Morgan fingerprint density at radius 3 is 1.15 bits per heavy atom. The summed E-state index contributed by atoms with van der Waals surface area (Å²) in [6, 6.07) is 0. The van der Waals surface area contributed by atoms with Gasteiger partial charge in [0, 0.05) is 21.3 Å². The van der Waals surface area contributed by atoms with Gasteiger partial charge in [0.2, 0.25) is 0 Å². The van der Waals surface area contributed by atoms with Crippen LogP contribution in [-0.4, -0.2) is 59.5 Å². The van der Waals surface area contributed by atoms with Crippen molar-refractivity contribution in [1.29, 1.82) is 0 Å². The average Bonchev–Trinajstić information content (AvgIpc) is 2.47. The summed E-state index contributed by atoms with van der Waals surface area (Å²) in [5.74, 6) is 0. The highest BCUT2D eigenvalue weighted by molar-refractivity contribution is 7.48. The fourth-order valence-corrected chi connectivity index (χ4v) is 2.31. The molecule has 0 heterocycles. The smallest absolute Gasteiger partial charge is 0.379 e. The Kier molecular flexibility index (Phi) is 10.7. The topological polar surface area (TPSA) is 72.5 Å². The van der Waals surface area contributed by atoms with E-state index in [1.165, 1.54) is 0 Å². The summed E-state index contributed by atoms with van der Waals surface area (Å²) in [7, 11) is 0.966. The molecule has 0 aliphatic rings. The minimum Gasteiger partial charge on any atom is -0.379 e. The lowest BCUT2D eigenvalue weighted by Gasteiger charge is -2.22. The number of hydrogen-bond donors (Lipinski definition) is 0. The molecule has 0 amide bonds. The van der Waals surface area contributed by atoms with Crippen molar-refractivity contribution in [2.24, 2.45) is 0 Å². The van der Waals surface area contributed by atoms with Gasteiger partial charge in [-0.1, -0.05) is 0 Å². The third kappa shape index (κ3) is 9.02. The lowest BCUT2D eigenvalue weighted by molar-refractivity contribution is 0.00463. The van der Waals surface area contributed by atoms with E-state index < -0.39 is 7.82 Å².